The predicted octanol–water partition coefficient (Wildman–Crippen LogP) is 2.65. The monoisotopic (exact) mass is 358 g/mol. The number of ether oxygens (including phenoxy) is 1. The molecule has 1 N–H and O–H groups in total. The zero-order valence-corrected chi connectivity index (χ0v) is 15.2. The van der Waals surface area contributed by atoms with Crippen LogP contribution in [0.15, 0.2) is 47.4 Å². The Balaban J connectivity index is 1.64. The maximum atomic E-state index is 12.8. The van der Waals surface area contributed by atoms with Crippen molar-refractivity contribution in [3.05, 3.63) is 59.2 Å². The Morgan fingerprint density at radius 2 is 1.92 bits per heavy atom. The van der Waals surface area contributed by atoms with E-state index in [1.165, 1.54) is 11.1 Å². The van der Waals surface area contributed by atoms with Gasteiger partial charge in [0.1, 0.15) is 5.75 Å². The highest BCUT2D eigenvalue weighted by Gasteiger charge is 2.38. The first-order valence-electron chi connectivity index (χ1n) is 8.48. The molecule has 0 bridgehead atoms. The van der Waals surface area contributed by atoms with Gasteiger partial charge in [0.15, 0.2) is 0 Å². The minimum Gasteiger partial charge on any atom is -0.497 e. The molecule has 1 aliphatic heterocycles. The van der Waals surface area contributed by atoms with Crippen LogP contribution in [0.2, 0.25) is 0 Å². The molecule has 2 aromatic carbocycles. The number of rotatable bonds is 4. The molecule has 6 heteroatoms. The zero-order valence-electron chi connectivity index (χ0n) is 14.4. The third-order valence-electron chi connectivity index (χ3n) is 5.33. The molecule has 1 aliphatic carbocycles. The summed E-state index contributed by atoms with van der Waals surface area (Å²) in [5.41, 5.74) is 3.79. The molecule has 2 aliphatic rings. The average Bonchev–Trinajstić information content (AvgIpc) is 2.98. The van der Waals surface area contributed by atoms with Crippen molar-refractivity contribution in [1.82, 2.24) is 9.62 Å². The average molecular weight is 358 g/mol. The molecule has 25 heavy (non-hydrogen) atoms. The Labute approximate surface area is 148 Å². The maximum absolute atomic E-state index is 12.8. The number of hydrogen-bond donors (Lipinski definition) is 1. The smallest absolute Gasteiger partial charge is 0.241 e. The van der Waals surface area contributed by atoms with Crippen LogP contribution >= 0.6 is 0 Å². The van der Waals surface area contributed by atoms with Crippen molar-refractivity contribution < 1.29 is 13.2 Å². The molecule has 0 aromatic heterocycles. The summed E-state index contributed by atoms with van der Waals surface area (Å²) >= 11 is 0. The molecule has 0 saturated heterocycles. The largest absolute Gasteiger partial charge is 0.497 e. The Bertz CT molecular complexity index is 893. The summed E-state index contributed by atoms with van der Waals surface area (Å²) in [7, 11) is 0.101. The lowest BCUT2D eigenvalue weighted by Gasteiger charge is -2.31. The van der Waals surface area contributed by atoms with Gasteiger partial charge in [0.2, 0.25) is 10.0 Å². The summed E-state index contributed by atoms with van der Waals surface area (Å²) < 4.78 is 33.6. The van der Waals surface area contributed by atoms with Crippen molar-refractivity contribution >= 4 is 10.0 Å². The highest BCUT2D eigenvalue weighted by Crippen LogP contribution is 2.46. The van der Waals surface area contributed by atoms with Gasteiger partial charge >= 0.3 is 0 Å². The van der Waals surface area contributed by atoms with Crippen LogP contribution in [0.4, 0.5) is 0 Å². The number of nitrogens with one attached hydrogen (secondary N) is 1. The van der Waals surface area contributed by atoms with Crippen molar-refractivity contribution in [3.8, 4) is 5.75 Å². The Kier molecular flexibility index (Phi) is 4.06. The van der Waals surface area contributed by atoms with E-state index in [0.29, 0.717) is 11.8 Å². The van der Waals surface area contributed by atoms with Gasteiger partial charge in [-0.25, -0.2) is 13.1 Å². The summed E-state index contributed by atoms with van der Waals surface area (Å²) in [6, 6.07) is 12.9. The van der Waals surface area contributed by atoms with Crippen molar-refractivity contribution in [2.75, 3.05) is 20.7 Å². The fraction of sp³-hybridized carbons (Fsp3) is 0.368. The fourth-order valence-corrected chi connectivity index (χ4v) is 5.23. The summed E-state index contributed by atoms with van der Waals surface area (Å²) in [4.78, 5) is 2.59. The molecular formula is C19H22N2O3S. The standard InChI is InChI=1S/C19H22N2O3S/c1-21-11-10-13-4-3-5-16-17(12-18(21)19(13)16)20-25(22,23)15-8-6-14(24-2)7-9-15/h3-9,17-18,20H,10-12H2,1-2H3. The van der Waals surface area contributed by atoms with Gasteiger partial charge in [0, 0.05) is 18.6 Å². The lowest BCUT2D eigenvalue weighted by molar-refractivity contribution is 0.224. The molecule has 132 valence electrons. The van der Waals surface area contributed by atoms with E-state index in [0.717, 1.165) is 24.9 Å². The minimum absolute atomic E-state index is 0.187. The summed E-state index contributed by atoms with van der Waals surface area (Å²) in [6.45, 7) is 1.01. The first-order valence-corrected chi connectivity index (χ1v) is 9.96. The van der Waals surface area contributed by atoms with Crippen molar-refractivity contribution in [3.63, 3.8) is 0 Å². The molecule has 0 amide bonds. The maximum Gasteiger partial charge on any atom is 0.241 e. The summed E-state index contributed by atoms with van der Waals surface area (Å²) in [5, 5.41) is 0. The molecule has 2 unspecified atom stereocenters. The molecule has 2 atom stereocenters. The second-order valence-electron chi connectivity index (χ2n) is 6.75. The molecule has 0 radical (unpaired) electrons. The number of benzene rings is 2. The third kappa shape index (κ3) is 2.84. The third-order valence-corrected chi connectivity index (χ3v) is 6.82. The molecule has 0 saturated carbocycles. The second kappa shape index (κ2) is 6.12. The molecule has 2 aromatic rings. The number of nitrogens with zero attached hydrogens (tertiary/aromatic N) is 1. The van der Waals surface area contributed by atoms with Gasteiger partial charge in [-0.2, -0.15) is 0 Å². The first kappa shape index (κ1) is 16.6. The van der Waals surface area contributed by atoms with Crippen LogP contribution in [0.25, 0.3) is 0 Å². The van der Waals surface area contributed by atoms with E-state index in [4.69, 9.17) is 4.74 Å². The Hall–Kier alpha value is -1.89. The van der Waals surface area contributed by atoms with E-state index in [9.17, 15) is 8.42 Å². The van der Waals surface area contributed by atoms with Crippen molar-refractivity contribution in [1.29, 1.82) is 0 Å². The van der Waals surface area contributed by atoms with E-state index in [1.807, 2.05) is 6.07 Å². The highest BCUT2D eigenvalue weighted by molar-refractivity contribution is 7.89. The van der Waals surface area contributed by atoms with Gasteiger partial charge in [-0.15, -0.1) is 0 Å². The number of sulfonamides is 1. The molecule has 0 fully saturated rings. The Morgan fingerprint density at radius 3 is 2.64 bits per heavy atom. The molecule has 0 spiro atoms. The van der Waals surface area contributed by atoms with Crippen LogP contribution in [0.3, 0.4) is 0 Å². The minimum atomic E-state index is -3.58. The van der Waals surface area contributed by atoms with Gasteiger partial charge in [0.05, 0.1) is 12.0 Å². The van der Waals surface area contributed by atoms with E-state index >= 15 is 0 Å². The van der Waals surface area contributed by atoms with Crippen LogP contribution in [0.5, 0.6) is 5.75 Å². The van der Waals surface area contributed by atoms with Crippen LogP contribution in [0, 0.1) is 0 Å². The number of hydrogen-bond acceptors (Lipinski definition) is 4. The van der Waals surface area contributed by atoms with Crippen LogP contribution in [0.1, 0.15) is 35.2 Å². The predicted molar refractivity (Wildman–Crippen MR) is 96.2 cm³/mol. The van der Waals surface area contributed by atoms with Gasteiger partial charge in [-0.3, -0.25) is 4.90 Å². The van der Waals surface area contributed by atoms with Gasteiger partial charge in [0.25, 0.3) is 0 Å². The lowest BCUT2D eigenvalue weighted by atomic mass is 9.94. The molecule has 1 heterocycles. The van der Waals surface area contributed by atoms with E-state index in [-0.39, 0.29) is 10.9 Å². The quantitative estimate of drug-likeness (QED) is 0.913. The van der Waals surface area contributed by atoms with Gasteiger partial charge in [-0.1, -0.05) is 18.2 Å². The summed E-state index contributed by atoms with van der Waals surface area (Å²) in [5.74, 6) is 0.641. The fourth-order valence-electron chi connectivity index (χ4n) is 4.00. The molecule has 4 rings (SSSR count). The Morgan fingerprint density at radius 1 is 1.16 bits per heavy atom. The van der Waals surface area contributed by atoms with Crippen LogP contribution in [-0.4, -0.2) is 34.0 Å². The highest BCUT2D eigenvalue weighted by atomic mass is 32.2. The SMILES string of the molecule is COc1ccc(S(=O)(=O)NC2CC3c4c(cccc42)CCN3C)cc1. The van der Waals surface area contributed by atoms with Crippen molar-refractivity contribution in [2.24, 2.45) is 0 Å². The topological polar surface area (TPSA) is 58.6 Å². The second-order valence-corrected chi connectivity index (χ2v) is 8.47. The van der Waals surface area contributed by atoms with Crippen LogP contribution in [-0.2, 0) is 16.4 Å². The lowest BCUT2D eigenvalue weighted by Crippen LogP contribution is -2.31. The van der Waals surface area contributed by atoms with E-state index in [2.05, 4.69) is 28.8 Å². The van der Waals surface area contributed by atoms with Gasteiger partial charge in [-0.05, 0) is 60.8 Å². The first-order chi connectivity index (χ1) is 12.0. The molecular weight excluding hydrogens is 336 g/mol. The normalized spacial score (nSPS) is 22.6. The van der Waals surface area contributed by atoms with E-state index < -0.39 is 10.0 Å². The molecule has 5 nitrogen and oxygen atoms in total. The van der Waals surface area contributed by atoms with Crippen molar-refractivity contribution in [2.45, 2.75) is 29.8 Å². The number of likely N-dealkylation sites (N-methyl/N-ethyl adjacent to an activating group) is 1. The summed E-state index contributed by atoms with van der Waals surface area (Å²) in [6.07, 6.45) is 1.80. The van der Waals surface area contributed by atoms with Crippen LogP contribution < -0.4 is 9.46 Å². The van der Waals surface area contributed by atoms with Gasteiger partial charge < -0.3 is 4.74 Å². The number of methoxy groups -OCH3 is 1. The van der Waals surface area contributed by atoms with E-state index in [1.54, 1.807) is 31.4 Å². The zero-order chi connectivity index (χ0) is 17.6.